The Morgan fingerprint density at radius 1 is 0.388 bits per heavy atom. The molecule has 16 heteroatoms. The van der Waals surface area contributed by atoms with E-state index in [0.29, 0.717) is 0 Å². The van der Waals surface area contributed by atoms with Crippen LogP contribution in [-0.4, -0.2) is 87.4 Å². The average molecular weight is 1190 g/mol. The van der Waals surface area contributed by atoms with E-state index in [2.05, 4.69) is 0 Å². The Kier molecular flexibility index (Phi) is 24.1. The molecular formula is C69H82F6O10. The Bertz CT molecular complexity index is 2880. The molecule has 0 bridgehead atoms. The fourth-order valence-corrected chi connectivity index (χ4v) is 12.2. The number of hydrogen-bond acceptors (Lipinski definition) is 10. The minimum absolute atomic E-state index is 0.0286. The highest BCUT2D eigenvalue weighted by Crippen LogP contribution is 2.51. The summed E-state index contributed by atoms with van der Waals surface area (Å²) in [6.07, 6.45) is -7.58. The van der Waals surface area contributed by atoms with Crippen molar-refractivity contribution in [2.75, 3.05) is 0 Å². The highest BCUT2D eigenvalue weighted by atomic mass is 19.3. The lowest BCUT2D eigenvalue weighted by Crippen LogP contribution is -2.71. The number of halogens is 6. The van der Waals surface area contributed by atoms with Crippen molar-refractivity contribution in [2.24, 2.45) is 35.5 Å². The summed E-state index contributed by atoms with van der Waals surface area (Å²) in [4.78, 5) is 12.6. The number of aliphatic hydroxyl groups excluding tert-OH is 1. The molecule has 10 nitrogen and oxygen atoms in total. The minimum atomic E-state index is -3.73. The standard InChI is InChI=1S/C23H28F2O4.C23H28F2O3.C23H26F2O3/c1-3-19-16(2)20(28-14-17-10-6-4-7-11-17)21(23(26,27)22(19,24)25)29-15-18-12-8-5-9-13-18;2*1-3-19-16(2)20(27-14-17-10-6-4-7-11-17)21(22(26)23(19,24)25)28-15-18-12-8-5-9-13-18/h4-13,16,19-21,26-27H,3,14-15H2,1-2H3;4-13,16,19-22,26H,3,14-15H2,1-2H3;4-13,16,19-21H,3,14-15H2,1-2H3/t16-,19-,20+,21-;16-,19-,20+,21-,22+;16-,19-,20+,21-/m111/s1. The van der Waals surface area contributed by atoms with Gasteiger partial charge in [-0.15, -0.1) is 0 Å². The molecule has 3 aliphatic rings. The monoisotopic (exact) mass is 1180 g/mol. The van der Waals surface area contributed by atoms with E-state index < -0.39 is 108 Å². The van der Waals surface area contributed by atoms with Crippen molar-refractivity contribution in [1.82, 2.24) is 0 Å². The summed E-state index contributed by atoms with van der Waals surface area (Å²) in [5.74, 6) is -19.7. The van der Waals surface area contributed by atoms with Gasteiger partial charge in [-0.25, -0.2) is 17.6 Å². The summed E-state index contributed by atoms with van der Waals surface area (Å²) in [7, 11) is 0. The molecule has 13 atom stereocenters. The van der Waals surface area contributed by atoms with E-state index in [1.165, 1.54) is 0 Å². The number of carbonyl (C=O) groups is 1. The molecule has 3 saturated carbocycles. The number of ether oxygens (including phenoxy) is 6. The largest absolute Gasteiger partial charge is 0.384 e. The first-order chi connectivity index (χ1) is 40.7. The van der Waals surface area contributed by atoms with Gasteiger partial charge in [-0.3, -0.25) is 4.79 Å². The Balaban J connectivity index is 0.000000183. The summed E-state index contributed by atoms with van der Waals surface area (Å²) >= 11 is 0. The van der Waals surface area contributed by atoms with E-state index in [-0.39, 0.29) is 58.9 Å². The zero-order valence-corrected chi connectivity index (χ0v) is 49.2. The first-order valence-electron chi connectivity index (χ1n) is 29.4. The molecule has 3 N–H and O–H groups in total. The van der Waals surface area contributed by atoms with Crippen molar-refractivity contribution in [3.63, 3.8) is 0 Å². The molecule has 6 aromatic rings. The van der Waals surface area contributed by atoms with Gasteiger partial charge in [0, 0.05) is 17.8 Å². The van der Waals surface area contributed by atoms with Crippen LogP contribution in [0.5, 0.6) is 0 Å². The van der Waals surface area contributed by atoms with Crippen LogP contribution in [0.25, 0.3) is 0 Å². The zero-order chi connectivity index (χ0) is 61.4. The number of alkyl halides is 6. The minimum Gasteiger partial charge on any atom is -0.384 e. The summed E-state index contributed by atoms with van der Waals surface area (Å²) in [6.45, 7) is 11.1. The molecule has 0 spiro atoms. The van der Waals surface area contributed by atoms with Crippen molar-refractivity contribution in [2.45, 2.75) is 167 Å². The summed E-state index contributed by atoms with van der Waals surface area (Å²) < 4.78 is 124. The van der Waals surface area contributed by atoms with Crippen LogP contribution in [0.4, 0.5) is 26.3 Å². The Morgan fingerprint density at radius 2 is 0.682 bits per heavy atom. The first kappa shape index (κ1) is 66.7. The predicted octanol–water partition coefficient (Wildman–Crippen LogP) is 14.0. The molecule has 0 heterocycles. The average Bonchev–Trinajstić information content (AvgIpc) is 1.19. The van der Waals surface area contributed by atoms with Crippen LogP contribution in [0.1, 0.15) is 94.2 Å². The molecule has 0 saturated heterocycles. The second-order valence-electron chi connectivity index (χ2n) is 22.6. The van der Waals surface area contributed by atoms with Gasteiger partial charge in [0.25, 0.3) is 11.7 Å². The molecule has 9 rings (SSSR count). The number of benzene rings is 6. The third-order valence-corrected chi connectivity index (χ3v) is 17.0. The van der Waals surface area contributed by atoms with E-state index in [1.807, 2.05) is 158 Å². The SMILES string of the molecule is CC[C@@H]1[C@@H](C)[C@H](OCc2ccccc2)[C@@H](OCc2ccccc2)C(=O)C1(F)F.CC[C@@H]1[C@@H](C)[C@H](OCc2ccccc2)[C@@H](OCc2ccccc2)C(O)(O)C1(F)F.CC[C@@H]1[C@@H](C)[C@H](OCc2ccccc2)[C@@H](OCc2ccccc2)[C@H](O)C1(F)F. The lowest BCUT2D eigenvalue weighted by Gasteiger charge is -2.51. The Morgan fingerprint density at radius 3 is 1.05 bits per heavy atom. The smallest absolute Gasteiger partial charge is 0.311 e. The van der Waals surface area contributed by atoms with E-state index in [1.54, 1.807) is 65.8 Å². The van der Waals surface area contributed by atoms with Crippen LogP contribution in [0.15, 0.2) is 182 Å². The van der Waals surface area contributed by atoms with Crippen LogP contribution in [-0.2, 0) is 72.9 Å². The van der Waals surface area contributed by atoms with Crippen LogP contribution in [0, 0.1) is 35.5 Å². The maximum Gasteiger partial charge on any atom is 0.311 e. The van der Waals surface area contributed by atoms with Gasteiger partial charge in [0.05, 0.1) is 58.0 Å². The van der Waals surface area contributed by atoms with Crippen LogP contribution < -0.4 is 0 Å². The van der Waals surface area contributed by atoms with Crippen LogP contribution in [0.3, 0.4) is 0 Å². The summed E-state index contributed by atoms with van der Waals surface area (Å²) in [6, 6.07) is 56.0. The summed E-state index contributed by atoms with van der Waals surface area (Å²) in [5, 5.41) is 31.6. The highest BCUT2D eigenvalue weighted by Gasteiger charge is 2.69. The third-order valence-electron chi connectivity index (χ3n) is 17.0. The van der Waals surface area contributed by atoms with E-state index >= 15 is 0 Å². The van der Waals surface area contributed by atoms with Gasteiger partial charge in [0.1, 0.15) is 24.4 Å². The van der Waals surface area contributed by atoms with Crippen molar-refractivity contribution >= 4 is 5.78 Å². The molecule has 3 aliphatic carbocycles. The van der Waals surface area contributed by atoms with Gasteiger partial charge < -0.3 is 43.7 Å². The molecule has 0 aliphatic heterocycles. The van der Waals surface area contributed by atoms with Gasteiger partial charge in [-0.1, -0.05) is 224 Å². The number of carbonyl (C=O) groups excluding carboxylic acids is 1. The van der Waals surface area contributed by atoms with Gasteiger partial charge in [-0.05, 0) is 70.4 Å². The maximum absolute atomic E-state index is 15.0. The van der Waals surface area contributed by atoms with Crippen molar-refractivity contribution in [1.29, 1.82) is 0 Å². The van der Waals surface area contributed by atoms with E-state index in [9.17, 15) is 46.5 Å². The predicted molar refractivity (Wildman–Crippen MR) is 312 cm³/mol. The topological polar surface area (TPSA) is 133 Å². The van der Waals surface area contributed by atoms with Gasteiger partial charge in [0.2, 0.25) is 5.78 Å². The molecule has 0 unspecified atom stereocenters. The van der Waals surface area contributed by atoms with E-state index in [0.717, 1.165) is 33.4 Å². The van der Waals surface area contributed by atoms with Crippen LogP contribution in [0.2, 0.25) is 0 Å². The molecule has 0 amide bonds. The fraction of sp³-hybridized carbons (Fsp3) is 0.464. The molecule has 0 radical (unpaired) electrons. The van der Waals surface area contributed by atoms with Gasteiger partial charge >= 0.3 is 11.8 Å². The van der Waals surface area contributed by atoms with E-state index in [4.69, 9.17) is 28.4 Å². The number of Topliss-reactive ketones (excluding diaryl/α,β-unsaturated/α-hetero) is 1. The van der Waals surface area contributed by atoms with Gasteiger partial charge in [-0.2, -0.15) is 8.78 Å². The van der Waals surface area contributed by atoms with Crippen molar-refractivity contribution in [3.05, 3.63) is 215 Å². The quantitative estimate of drug-likeness (QED) is 0.0473. The highest BCUT2D eigenvalue weighted by molar-refractivity contribution is 5.91. The second-order valence-corrected chi connectivity index (χ2v) is 22.6. The molecule has 6 aromatic carbocycles. The lowest BCUT2D eigenvalue weighted by molar-refractivity contribution is -0.398. The number of hydrogen-bond donors (Lipinski definition) is 3. The summed E-state index contributed by atoms with van der Waals surface area (Å²) in [5.41, 5.74) is 5.19. The van der Waals surface area contributed by atoms with Gasteiger partial charge in [0.15, 0.2) is 0 Å². The first-order valence-corrected chi connectivity index (χ1v) is 29.4. The number of ketones is 1. The molecule has 3 fully saturated rings. The number of rotatable bonds is 21. The molecular weight excluding hydrogens is 1100 g/mol. The van der Waals surface area contributed by atoms with Crippen molar-refractivity contribution < 1.29 is 74.9 Å². The van der Waals surface area contributed by atoms with Crippen molar-refractivity contribution in [3.8, 4) is 0 Å². The number of aliphatic hydroxyl groups is 3. The molecule has 460 valence electrons. The fourth-order valence-electron chi connectivity index (χ4n) is 12.2. The second kappa shape index (κ2) is 30.7. The third kappa shape index (κ3) is 16.2. The molecule has 0 aromatic heterocycles. The molecule has 85 heavy (non-hydrogen) atoms. The zero-order valence-electron chi connectivity index (χ0n) is 49.2. The lowest BCUT2D eigenvalue weighted by atomic mass is 9.69. The Hall–Kier alpha value is -5.79. The Labute approximate surface area is 496 Å². The maximum atomic E-state index is 15.0. The van der Waals surface area contributed by atoms with Crippen LogP contribution >= 0.6 is 0 Å². The normalized spacial score (nSPS) is 28.2.